The summed E-state index contributed by atoms with van der Waals surface area (Å²) >= 11 is 11.2. The second kappa shape index (κ2) is 8.08. The molecule has 0 bridgehead atoms. The van der Waals surface area contributed by atoms with E-state index in [1.807, 2.05) is 0 Å². The molecule has 0 aromatic rings. The van der Waals surface area contributed by atoms with Crippen LogP contribution < -0.4 is 0 Å². The van der Waals surface area contributed by atoms with Gasteiger partial charge in [-0.25, -0.2) is 0 Å². The van der Waals surface area contributed by atoms with Gasteiger partial charge in [0.1, 0.15) is 0 Å². The smallest absolute Gasteiger partial charge is 0.0305 e. The van der Waals surface area contributed by atoms with Gasteiger partial charge in [-0.05, 0) is 32.1 Å². The van der Waals surface area contributed by atoms with Crippen LogP contribution in [-0.4, -0.2) is 14.5 Å². The zero-order chi connectivity index (χ0) is 11.1. The minimum absolute atomic E-state index is 0.543. The monoisotopic (exact) mass is 398 g/mol. The van der Waals surface area contributed by atoms with Gasteiger partial charge in [0.15, 0.2) is 0 Å². The summed E-state index contributed by atoms with van der Waals surface area (Å²) in [5.74, 6) is 0. The summed E-state index contributed by atoms with van der Waals surface area (Å²) < 4.78 is 0. The van der Waals surface area contributed by atoms with Gasteiger partial charge in [0.2, 0.25) is 0 Å². The molecule has 3 unspecified atom stereocenters. The molecule has 0 aromatic heterocycles. The summed E-state index contributed by atoms with van der Waals surface area (Å²) in [6, 6.07) is 0. The normalized spacial score (nSPS) is 34.5. The standard InChI is InChI=1S/C12H17Br3/c13-10-6-4-2-1-3-5-7-11(14)12(15)9-8-10/h1-3,5,10-12H,4,6-9H2. The zero-order valence-corrected chi connectivity index (χ0v) is 13.5. The first kappa shape index (κ1) is 14.0. The van der Waals surface area contributed by atoms with Crippen molar-refractivity contribution in [1.82, 2.24) is 0 Å². The van der Waals surface area contributed by atoms with Crippen molar-refractivity contribution in [3.63, 3.8) is 0 Å². The number of halogens is 3. The molecule has 0 aromatic carbocycles. The first-order valence-corrected chi connectivity index (χ1v) is 8.18. The molecule has 3 heteroatoms. The number of allylic oxidation sites excluding steroid dienone is 4. The molecule has 0 nitrogen and oxygen atoms in total. The van der Waals surface area contributed by atoms with Crippen LogP contribution in [0.25, 0.3) is 0 Å². The van der Waals surface area contributed by atoms with E-state index >= 15 is 0 Å². The number of hydrogen-bond donors (Lipinski definition) is 0. The second-order valence-electron chi connectivity index (χ2n) is 3.88. The minimum atomic E-state index is 0.543. The lowest BCUT2D eigenvalue weighted by molar-refractivity contribution is 0.642. The third kappa shape index (κ3) is 6.28. The Hall–Kier alpha value is 0.920. The predicted molar refractivity (Wildman–Crippen MR) is 79.5 cm³/mol. The average molecular weight is 401 g/mol. The molecule has 0 heterocycles. The molecule has 0 aliphatic heterocycles. The predicted octanol–water partition coefficient (Wildman–Crippen LogP) is 5.35. The van der Waals surface area contributed by atoms with Crippen LogP contribution in [-0.2, 0) is 0 Å². The fraction of sp³-hybridized carbons (Fsp3) is 0.667. The molecule has 0 N–H and O–H groups in total. The van der Waals surface area contributed by atoms with Gasteiger partial charge in [0.05, 0.1) is 0 Å². The number of alkyl halides is 3. The highest BCUT2D eigenvalue weighted by molar-refractivity contribution is 9.12. The molecule has 1 aliphatic rings. The van der Waals surface area contributed by atoms with Crippen molar-refractivity contribution < 1.29 is 0 Å². The molecule has 1 rings (SSSR count). The summed E-state index contributed by atoms with van der Waals surface area (Å²) in [6.45, 7) is 0. The lowest BCUT2D eigenvalue weighted by Crippen LogP contribution is -2.15. The Morgan fingerprint density at radius 2 is 1.53 bits per heavy atom. The molecule has 3 atom stereocenters. The van der Waals surface area contributed by atoms with Gasteiger partial charge in [-0.1, -0.05) is 72.1 Å². The maximum atomic E-state index is 3.75. The van der Waals surface area contributed by atoms with Gasteiger partial charge in [-0.15, -0.1) is 0 Å². The van der Waals surface area contributed by atoms with Crippen LogP contribution in [0.4, 0.5) is 0 Å². The first-order valence-electron chi connectivity index (χ1n) is 5.44. The number of hydrogen-bond acceptors (Lipinski definition) is 0. The molecule has 0 saturated carbocycles. The van der Waals surface area contributed by atoms with E-state index in [1.165, 1.54) is 25.7 Å². The molecule has 0 saturated heterocycles. The topological polar surface area (TPSA) is 0 Å². The highest BCUT2D eigenvalue weighted by Crippen LogP contribution is 2.26. The Morgan fingerprint density at radius 3 is 2.33 bits per heavy atom. The van der Waals surface area contributed by atoms with Crippen molar-refractivity contribution in [1.29, 1.82) is 0 Å². The first-order chi connectivity index (χ1) is 7.20. The van der Waals surface area contributed by atoms with E-state index in [4.69, 9.17) is 0 Å². The molecule has 0 amide bonds. The summed E-state index contributed by atoms with van der Waals surface area (Å²) in [7, 11) is 0. The van der Waals surface area contributed by atoms with Crippen LogP contribution >= 0.6 is 47.8 Å². The van der Waals surface area contributed by atoms with Crippen LogP contribution in [0, 0.1) is 0 Å². The molecule has 15 heavy (non-hydrogen) atoms. The summed E-state index contributed by atoms with van der Waals surface area (Å²) in [4.78, 5) is 1.78. The van der Waals surface area contributed by atoms with E-state index in [2.05, 4.69) is 72.1 Å². The average Bonchev–Trinajstić information content (AvgIpc) is 2.22. The van der Waals surface area contributed by atoms with Crippen LogP contribution in [0.3, 0.4) is 0 Å². The Bertz CT molecular complexity index is 223. The van der Waals surface area contributed by atoms with Crippen molar-refractivity contribution >= 4 is 47.8 Å². The third-order valence-corrected chi connectivity index (χ3v) is 6.27. The van der Waals surface area contributed by atoms with Gasteiger partial charge in [0, 0.05) is 14.5 Å². The molecule has 1 aliphatic carbocycles. The molecule has 86 valence electrons. The fourth-order valence-corrected chi connectivity index (χ4v) is 3.04. The molecular weight excluding hydrogens is 384 g/mol. The SMILES string of the molecule is BrC1CCC=CC=CCC(Br)C(Br)CC1. The van der Waals surface area contributed by atoms with Crippen molar-refractivity contribution in [2.75, 3.05) is 0 Å². The fourth-order valence-electron chi connectivity index (χ4n) is 1.55. The van der Waals surface area contributed by atoms with E-state index in [0.29, 0.717) is 14.5 Å². The highest BCUT2D eigenvalue weighted by atomic mass is 79.9. The van der Waals surface area contributed by atoms with Crippen molar-refractivity contribution in [2.24, 2.45) is 0 Å². The van der Waals surface area contributed by atoms with Crippen molar-refractivity contribution in [3.8, 4) is 0 Å². The highest BCUT2D eigenvalue weighted by Gasteiger charge is 2.16. The van der Waals surface area contributed by atoms with Crippen LogP contribution in [0.2, 0.25) is 0 Å². The maximum absolute atomic E-state index is 3.75. The zero-order valence-electron chi connectivity index (χ0n) is 8.71. The lowest BCUT2D eigenvalue weighted by atomic mass is 10.1. The summed E-state index contributed by atoms with van der Waals surface area (Å²) in [5, 5.41) is 0. The Labute approximate surface area is 118 Å². The minimum Gasteiger partial charge on any atom is -0.0891 e. The molecule has 0 spiro atoms. The van der Waals surface area contributed by atoms with Crippen molar-refractivity contribution in [2.45, 2.75) is 46.6 Å². The van der Waals surface area contributed by atoms with Gasteiger partial charge >= 0.3 is 0 Å². The molecule has 0 radical (unpaired) electrons. The van der Waals surface area contributed by atoms with Gasteiger partial charge in [-0.3, -0.25) is 0 Å². The Balaban J connectivity index is 2.51. The van der Waals surface area contributed by atoms with Gasteiger partial charge < -0.3 is 0 Å². The second-order valence-corrected chi connectivity index (χ2v) is 7.52. The Kier molecular flexibility index (Phi) is 7.53. The van der Waals surface area contributed by atoms with Crippen LogP contribution in [0.15, 0.2) is 24.3 Å². The van der Waals surface area contributed by atoms with Gasteiger partial charge in [-0.2, -0.15) is 0 Å². The summed E-state index contributed by atoms with van der Waals surface area (Å²) in [5.41, 5.74) is 0. The van der Waals surface area contributed by atoms with Crippen LogP contribution in [0.1, 0.15) is 32.1 Å². The molecule has 0 fully saturated rings. The quantitative estimate of drug-likeness (QED) is 0.480. The van der Waals surface area contributed by atoms with E-state index in [1.54, 1.807) is 0 Å². The van der Waals surface area contributed by atoms with Crippen LogP contribution in [0.5, 0.6) is 0 Å². The molecular formula is C12H17Br3. The van der Waals surface area contributed by atoms with Gasteiger partial charge in [0.25, 0.3) is 0 Å². The van der Waals surface area contributed by atoms with Crippen molar-refractivity contribution in [3.05, 3.63) is 24.3 Å². The van der Waals surface area contributed by atoms with E-state index in [9.17, 15) is 0 Å². The van der Waals surface area contributed by atoms with E-state index in [-0.39, 0.29) is 0 Å². The number of rotatable bonds is 0. The summed E-state index contributed by atoms with van der Waals surface area (Å²) in [6.07, 6.45) is 14.8. The largest absolute Gasteiger partial charge is 0.0891 e. The lowest BCUT2D eigenvalue weighted by Gasteiger charge is -2.17. The Morgan fingerprint density at radius 1 is 0.800 bits per heavy atom. The third-order valence-electron chi connectivity index (χ3n) is 2.54. The van der Waals surface area contributed by atoms with E-state index < -0.39 is 0 Å². The maximum Gasteiger partial charge on any atom is 0.0305 e. The van der Waals surface area contributed by atoms with E-state index in [0.717, 1.165) is 6.42 Å².